The lowest BCUT2D eigenvalue weighted by atomic mass is 10.1. The van der Waals surface area contributed by atoms with Crippen molar-refractivity contribution in [1.29, 1.82) is 0 Å². The Hall–Kier alpha value is -3.15. The Labute approximate surface area is 146 Å². The summed E-state index contributed by atoms with van der Waals surface area (Å²) >= 11 is 0. The molecule has 6 nitrogen and oxygen atoms in total. The molecule has 6 heteroatoms. The Morgan fingerprint density at radius 3 is 2.60 bits per heavy atom. The second-order valence-electron chi connectivity index (χ2n) is 5.74. The molecule has 0 spiro atoms. The van der Waals surface area contributed by atoms with E-state index in [2.05, 4.69) is 15.2 Å². The highest BCUT2D eigenvalue weighted by atomic mass is 16.5. The van der Waals surface area contributed by atoms with Crippen LogP contribution >= 0.6 is 0 Å². The number of H-pyrrole nitrogens is 1. The molecule has 2 aromatic heterocycles. The van der Waals surface area contributed by atoms with Crippen LogP contribution in [0.15, 0.2) is 54.7 Å². The van der Waals surface area contributed by atoms with Gasteiger partial charge < -0.3 is 9.64 Å². The van der Waals surface area contributed by atoms with E-state index in [1.807, 2.05) is 49.4 Å². The highest BCUT2D eigenvalue weighted by Gasteiger charge is 2.21. The molecule has 0 radical (unpaired) electrons. The number of amides is 1. The summed E-state index contributed by atoms with van der Waals surface area (Å²) in [6, 6.07) is 14.8. The molecular weight excluding hydrogens is 316 g/mol. The summed E-state index contributed by atoms with van der Waals surface area (Å²) < 4.78 is 5.15. The Kier molecular flexibility index (Phi) is 4.79. The molecule has 1 aromatic carbocycles. The van der Waals surface area contributed by atoms with Gasteiger partial charge in [-0.2, -0.15) is 5.10 Å². The van der Waals surface area contributed by atoms with Gasteiger partial charge in [-0.05, 0) is 49.4 Å². The predicted molar refractivity (Wildman–Crippen MR) is 95.3 cm³/mol. The number of benzene rings is 1. The van der Waals surface area contributed by atoms with Gasteiger partial charge in [-0.25, -0.2) is 0 Å². The number of hydrogen-bond acceptors (Lipinski definition) is 4. The molecule has 0 saturated carbocycles. The van der Waals surface area contributed by atoms with Gasteiger partial charge in [0, 0.05) is 18.8 Å². The van der Waals surface area contributed by atoms with Gasteiger partial charge in [-0.1, -0.05) is 6.07 Å². The van der Waals surface area contributed by atoms with Crippen LogP contribution in [0.1, 0.15) is 29.1 Å². The van der Waals surface area contributed by atoms with Crippen LogP contribution in [0.4, 0.5) is 0 Å². The fourth-order valence-corrected chi connectivity index (χ4v) is 2.53. The molecule has 1 N–H and O–H groups in total. The molecule has 0 fully saturated rings. The van der Waals surface area contributed by atoms with Gasteiger partial charge in [0.05, 0.1) is 24.5 Å². The van der Waals surface area contributed by atoms with E-state index >= 15 is 0 Å². The van der Waals surface area contributed by atoms with E-state index in [-0.39, 0.29) is 11.9 Å². The molecular formula is C19H20N4O2. The molecule has 128 valence electrons. The van der Waals surface area contributed by atoms with Crippen molar-refractivity contribution in [2.75, 3.05) is 14.2 Å². The number of ether oxygens (including phenoxy) is 1. The van der Waals surface area contributed by atoms with Gasteiger partial charge >= 0.3 is 0 Å². The maximum Gasteiger partial charge on any atom is 0.272 e. The molecule has 1 unspecified atom stereocenters. The minimum absolute atomic E-state index is 0.134. The van der Waals surface area contributed by atoms with Gasteiger partial charge in [0.15, 0.2) is 0 Å². The number of nitrogens with one attached hydrogen (secondary N) is 1. The van der Waals surface area contributed by atoms with Crippen molar-refractivity contribution >= 4 is 5.91 Å². The average Bonchev–Trinajstić information content (AvgIpc) is 3.17. The van der Waals surface area contributed by atoms with Crippen LogP contribution in [-0.4, -0.2) is 40.1 Å². The minimum atomic E-state index is -0.138. The second-order valence-corrected chi connectivity index (χ2v) is 5.74. The van der Waals surface area contributed by atoms with Crippen LogP contribution in [0.2, 0.25) is 0 Å². The van der Waals surface area contributed by atoms with Gasteiger partial charge in [-0.3, -0.25) is 14.9 Å². The SMILES string of the molecule is COc1ccc(-c2cc(C(=O)N(C)C(C)c3ccccn3)[nH]n2)cc1. The Balaban J connectivity index is 1.77. The predicted octanol–water partition coefficient (Wildman–Crippen LogP) is 3.31. The average molecular weight is 336 g/mol. The van der Waals surface area contributed by atoms with Crippen LogP contribution in [0.5, 0.6) is 5.75 Å². The molecule has 0 aliphatic carbocycles. The standard InChI is InChI=1S/C19H20N4O2/c1-13(16-6-4-5-11-20-16)23(2)19(24)18-12-17(21-22-18)14-7-9-15(25-3)10-8-14/h4-13H,1-3H3,(H,21,22). The third-order valence-corrected chi connectivity index (χ3v) is 4.21. The minimum Gasteiger partial charge on any atom is -0.497 e. The quantitative estimate of drug-likeness (QED) is 0.776. The van der Waals surface area contributed by atoms with Gasteiger partial charge in [0.25, 0.3) is 5.91 Å². The van der Waals surface area contributed by atoms with Gasteiger partial charge in [0.2, 0.25) is 0 Å². The van der Waals surface area contributed by atoms with E-state index in [1.165, 1.54) is 0 Å². The van der Waals surface area contributed by atoms with Crippen molar-refractivity contribution in [2.45, 2.75) is 13.0 Å². The third-order valence-electron chi connectivity index (χ3n) is 4.21. The fraction of sp³-hybridized carbons (Fsp3) is 0.211. The van der Waals surface area contributed by atoms with E-state index in [1.54, 1.807) is 31.3 Å². The van der Waals surface area contributed by atoms with Crippen molar-refractivity contribution in [1.82, 2.24) is 20.1 Å². The lowest BCUT2D eigenvalue weighted by Gasteiger charge is -2.23. The number of methoxy groups -OCH3 is 1. The number of aromatic amines is 1. The molecule has 0 saturated heterocycles. The first-order valence-corrected chi connectivity index (χ1v) is 7.98. The first-order chi connectivity index (χ1) is 12.1. The van der Waals surface area contributed by atoms with Crippen LogP contribution in [0, 0.1) is 0 Å². The van der Waals surface area contributed by atoms with Gasteiger partial charge in [0.1, 0.15) is 11.4 Å². The van der Waals surface area contributed by atoms with Crippen molar-refractivity contribution in [2.24, 2.45) is 0 Å². The number of hydrogen-bond donors (Lipinski definition) is 1. The molecule has 25 heavy (non-hydrogen) atoms. The summed E-state index contributed by atoms with van der Waals surface area (Å²) in [5.41, 5.74) is 2.91. The number of carbonyl (C=O) groups is 1. The summed E-state index contributed by atoms with van der Waals surface area (Å²) in [6.45, 7) is 1.95. The zero-order valence-electron chi connectivity index (χ0n) is 14.4. The maximum absolute atomic E-state index is 12.7. The fourth-order valence-electron chi connectivity index (χ4n) is 2.53. The summed E-state index contributed by atoms with van der Waals surface area (Å²) in [6.07, 6.45) is 1.72. The number of pyridine rings is 1. The largest absolute Gasteiger partial charge is 0.497 e. The highest BCUT2D eigenvalue weighted by Crippen LogP contribution is 2.23. The molecule has 1 atom stereocenters. The van der Waals surface area contributed by atoms with E-state index in [9.17, 15) is 4.79 Å². The molecule has 0 aliphatic heterocycles. The lowest BCUT2D eigenvalue weighted by molar-refractivity contribution is 0.0734. The van der Waals surface area contributed by atoms with E-state index in [0.29, 0.717) is 11.4 Å². The number of rotatable bonds is 5. The van der Waals surface area contributed by atoms with Crippen molar-refractivity contribution in [3.05, 3.63) is 66.1 Å². The lowest BCUT2D eigenvalue weighted by Crippen LogP contribution is -2.30. The van der Waals surface area contributed by atoms with Crippen LogP contribution in [0.25, 0.3) is 11.3 Å². The van der Waals surface area contributed by atoms with E-state index in [4.69, 9.17) is 4.74 Å². The van der Waals surface area contributed by atoms with E-state index in [0.717, 1.165) is 17.0 Å². The van der Waals surface area contributed by atoms with Crippen molar-refractivity contribution in [3.8, 4) is 17.0 Å². The summed E-state index contributed by atoms with van der Waals surface area (Å²) in [5.74, 6) is 0.643. The highest BCUT2D eigenvalue weighted by molar-refractivity contribution is 5.93. The normalized spacial score (nSPS) is 11.8. The molecule has 0 bridgehead atoms. The Bertz CT molecular complexity index is 843. The molecule has 3 aromatic rings. The molecule has 3 rings (SSSR count). The maximum atomic E-state index is 12.7. The van der Waals surface area contributed by atoms with E-state index < -0.39 is 0 Å². The first-order valence-electron chi connectivity index (χ1n) is 7.98. The Morgan fingerprint density at radius 1 is 1.20 bits per heavy atom. The second kappa shape index (κ2) is 7.17. The van der Waals surface area contributed by atoms with Crippen LogP contribution in [0.3, 0.4) is 0 Å². The van der Waals surface area contributed by atoms with Gasteiger partial charge in [-0.15, -0.1) is 0 Å². The summed E-state index contributed by atoms with van der Waals surface area (Å²) in [4.78, 5) is 18.7. The molecule has 1 amide bonds. The number of nitrogens with zero attached hydrogens (tertiary/aromatic N) is 3. The zero-order chi connectivity index (χ0) is 17.8. The Morgan fingerprint density at radius 2 is 1.96 bits per heavy atom. The van der Waals surface area contributed by atoms with Crippen LogP contribution in [-0.2, 0) is 0 Å². The first kappa shape index (κ1) is 16.7. The topological polar surface area (TPSA) is 71.1 Å². The zero-order valence-corrected chi connectivity index (χ0v) is 14.4. The smallest absolute Gasteiger partial charge is 0.272 e. The summed E-state index contributed by atoms with van der Waals surface area (Å²) in [7, 11) is 3.38. The van der Waals surface area contributed by atoms with Crippen molar-refractivity contribution < 1.29 is 9.53 Å². The number of carbonyl (C=O) groups excluding carboxylic acids is 1. The monoisotopic (exact) mass is 336 g/mol. The molecule has 2 heterocycles. The third kappa shape index (κ3) is 3.52. The van der Waals surface area contributed by atoms with Crippen molar-refractivity contribution in [3.63, 3.8) is 0 Å². The summed E-state index contributed by atoms with van der Waals surface area (Å²) in [5, 5.41) is 7.08. The molecule has 0 aliphatic rings. The van der Waals surface area contributed by atoms with Crippen LogP contribution < -0.4 is 4.74 Å². The number of aromatic nitrogens is 3.